The summed E-state index contributed by atoms with van der Waals surface area (Å²) in [5.41, 5.74) is 0. The average Bonchev–Trinajstić information content (AvgIpc) is 2.20. The van der Waals surface area contributed by atoms with Gasteiger partial charge in [-0.05, 0) is 25.4 Å². The minimum Gasteiger partial charge on any atom is -0.372 e. The Kier molecular flexibility index (Phi) is 3.52. The predicted molar refractivity (Wildman–Crippen MR) is 64.3 cm³/mol. The average molecular weight is 262 g/mol. The van der Waals surface area contributed by atoms with Crippen molar-refractivity contribution in [3.63, 3.8) is 0 Å². The van der Waals surface area contributed by atoms with E-state index in [1.807, 2.05) is 13.8 Å². The monoisotopic (exact) mass is 261 g/mol. The highest BCUT2D eigenvalue weighted by Gasteiger charge is 2.24. The van der Waals surface area contributed by atoms with Crippen LogP contribution in [0.25, 0.3) is 0 Å². The number of hydrogen-bond donors (Lipinski definition) is 0. The summed E-state index contributed by atoms with van der Waals surface area (Å²) >= 11 is 11.8. The zero-order valence-corrected chi connectivity index (χ0v) is 10.7. The summed E-state index contributed by atoms with van der Waals surface area (Å²) in [6, 6.07) is 0. The first-order chi connectivity index (χ1) is 7.56. The molecule has 0 amide bonds. The van der Waals surface area contributed by atoms with Gasteiger partial charge in [-0.1, -0.05) is 11.6 Å². The van der Waals surface area contributed by atoms with Crippen molar-refractivity contribution in [2.75, 3.05) is 18.0 Å². The third-order valence-electron chi connectivity index (χ3n) is 2.42. The number of ether oxygens (including phenoxy) is 1. The Morgan fingerprint density at radius 2 is 1.94 bits per heavy atom. The molecular weight excluding hydrogens is 249 g/mol. The van der Waals surface area contributed by atoms with Crippen LogP contribution in [-0.2, 0) is 4.74 Å². The van der Waals surface area contributed by atoms with E-state index in [2.05, 4.69) is 14.9 Å². The summed E-state index contributed by atoms with van der Waals surface area (Å²) < 4.78 is 5.65. The summed E-state index contributed by atoms with van der Waals surface area (Å²) in [5.74, 6) is 0.684. The van der Waals surface area contributed by atoms with Crippen molar-refractivity contribution in [3.05, 3.63) is 16.5 Å². The summed E-state index contributed by atoms with van der Waals surface area (Å²) in [5, 5.41) is 0.733. The zero-order chi connectivity index (χ0) is 11.7. The molecule has 1 fully saturated rings. The second-order valence-corrected chi connectivity index (χ2v) is 4.72. The van der Waals surface area contributed by atoms with Crippen LogP contribution in [0.1, 0.15) is 13.8 Å². The molecule has 4 nitrogen and oxygen atoms in total. The van der Waals surface area contributed by atoms with Crippen molar-refractivity contribution in [2.45, 2.75) is 26.1 Å². The lowest BCUT2D eigenvalue weighted by Crippen LogP contribution is -2.46. The van der Waals surface area contributed by atoms with E-state index in [0.29, 0.717) is 10.8 Å². The smallest absolute Gasteiger partial charge is 0.224 e. The van der Waals surface area contributed by atoms with E-state index in [0.717, 1.165) is 13.1 Å². The lowest BCUT2D eigenvalue weighted by Gasteiger charge is -2.36. The number of rotatable bonds is 1. The van der Waals surface area contributed by atoms with E-state index in [4.69, 9.17) is 27.9 Å². The molecule has 1 aliphatic heterocycles. The van der Waals surface area contributed by atoms with Gasteiger partial charge >= 0.3 is 0 Å². The second-order valence-electron chi connectivity index (χ2n) is 3.97. The van der Waals surface area contributed by atoms with Gasteiger partial charge in [0.05, 0.1) is 18.4 Å². The van der Waals surface area contributed by atoms with Crippen LogP contribution in [0.2, 0.25) is 10.3 Å². The lowest BCUT2D eigenvalue weighted by molar-refractivity contribution is -0.00545. The Hall–Kier alpha value is -0.580. The van der Waals surface area contributed by atoms with Crippen LogP contribution in [-0.4, -0.2) is 35.3 Å². The largest absolute Gasteiger partial charge is 0.372 e. The Bertz CT molecular complexity index is 378. The molecule has 16 heavy (non-hydrogen) atoms. The Balaban J connectivity index is 2.25. The van der Waals surface area contributed by atoms with Crippen LogP contribution in [0.4, 0.5) is 5.82 Å². The number of morpholine rings is 1. The summed E-state index contributed by atoms with van der Waals surface area (Å²) in [6.45, 7) is 5.58. The fraction of sp³-hybridized carbons (Fsp3) is 0.600. The number of hydrogen-bond acceptors (Lipinski definition) is 4. The third-order valence-corrected chi connectivity index (χ3v) is 2.86. The van der Waals surface area contributed by atoms with Gasteiger partial charge in [-0.25, -0.2) is 4.98 Å². The van der Waals surface area contributed by atoms with Crippen molar-refractivity contribution in [2.24, 2.45) is 0 Å². The van der Waals surface area contributed by atoms with Gasteiger partial charge in [0.2, 0.25) is 5.28 Å². The highest BCUT2D eigenvalue weighted by Crippen LogP contribution is 2.26. The molecule has 6 heteroatoms. The van der Waals surface area contributed by atoms with E-state index in [-0.39, 0.29) is 17.5 Å². The van der Waals surface area contributed by atoms with E-state index >= 15 is 0 Å². The molecule has 0 spiro atoms. The van der Waals surface area contributed by atoms with Gasteiger partial charge in [-0.3, -0.25) is 0 Å². The molecule has 0 saturated carbocycles. The molecule has 2 unspecified atom stereocenters. The first-order valence-electron chi connectivity index (χ1n) is 5.14. The maximum absolute atomic E-state index is 6.06. The predicted octanol–water partition coefficient (Wildman–Crippen LogP) is 2.40. The molecule has 0 N–H and O–H groups in total. The topological polar surface area (TPSA) is 38.2 Å². The molecule has 1 aromatic heterocycles. The van der Waals surface area contributed by atoms with Crippen molar-refractivity contribution < 1.29 is 4.74 Å². The van der Waals surface area contributed by atoms with Gasteiger partial charge in [0.15, 0.2) is 5.82 Å². The van der Waals surface area contributed by atoms with E-state index in [1.165, 1.54) is 6.20 Å². The minimum absolute atomic E-state index is 0.161. The second kappa shape index (κ2) is 4.73. The number of anilines is 1. The molecule has 1 aromatic rings. The molecule has 2 heterocycles. The fourth-order valence-electron chi connectivity index (χ4n) is 1.91. The van der Waals surface area contributed by atoms with Crippen molar-refractivity contribution in [3.8, 4) is 0 Å². The molecule has 0 aromatic carbocycles. The Morgan fingerprint density at radius 3 is 2.56 bits per heavy atom. The van der Waals surface area contributed by atoms with Gasteiger partial charge < -0.3 is 9.64 Å². The first kappa shape index (κ1) is 11.9. The van der Waals surface area contributed by atoms with Crippen LogP contribution in [0.15, 0.2) is 6.20 Å². The normalized spacial score (nSPS) is 25.9. The van der Waals surface area contributed by atoms with Crippen molar-refractivity contribution in [1.29, 1.82) is 0 Å². The Labute approximate surface area is 105 Å². The first-order valence-corrected chi connectivity index (χ1v) is 5.90. The summed E-state index contributed by atoms with van der Waals surface area (Å²) in [4.78, 5) is 10.1. The van der Waals surface area contributed by atoms with Crippen LogP contribution in [0.3, 0.4) is 0 Å². The molecule has 0 radical (unpaired) electrons. The Morgan fingerprint density at radius 1 is 1.31 bits per heavy atom. The molecular formula is C10H13Cl2N3O. The maximum Gasteiger partial charge on any atom is 0.224 e. The van der Waals surface area contributed by atoms with Crippen molar-refractivity contribution >= 4 is 29.0 Å². The van der Waals surface area contributed by atoms with E-state index < -0.39 is 0 Å². The number of halogens is 2. The van der Waals surface area contributed by atoms with Crippen LogP contribution in [0.5, 0.6) is 0 Å². The van der Waals surface area contributed by atoms with Crippen LogP contribution in [0, 0.1) is 0 Å². The lowest BCUT2D eigenvalue weighted by atomic mass is 10.2. The molecule has 0 aliphatic carbocycles. The van der Waals surface area contributed by atoms with Gasteiger partial charge in [-0.15, -0.1) is 0 Å². The molecule has 88 valence electrons. The number of aromatic nitrogens is 2. The van der Waals surface area contributed by atoms with E-state index in [1.54, 1.807) is 0 Å². The van der Waals surface area contributed by atoms with Gasteiger partial charge in [-0.2, -0.15) is 4.98 Å². The summed E-state index contributed by atoms with van der Waals surface area (Å²) in [7, 11) is 0. The third kappa shape index (κ3) is 2.56. The molecule has 0 bridgehead atoms. The SMILES string of the molecule is CC1CN(c2nc(Cl)ncc2Cl)CC(C)O1. The zero-order valence-electron chi connectivity index (χ0n) is 9.15. The highest BCUT2D eigenvalue weighted by molar-refractivity contribution is 6.33. The summed E-state index contributed by atoms with van der Waals surface area (Å²) in [6.07, 6.45) is 1.85. The highest BCUT2D eigenvalue weighted by atomic mass is 35.5. The van der Waals surface area contributed by atoms with Gasteiger partial charge in [0, 0.05) is 13.1 Å². The molecule has 1 aliphatic rings. The maximum atomic E-state index is 6.06. The van der Waals surface area contributed by atoms with Crippen LogP contribution >= 0.6 is 23.2 Å². The fourth-order valence-corrected chi connectivity index (χ4v) is 2.25. The van der Waals surface area contributed by atoms with Crippen LogP contribution < -0.4 is 4.90 Å². The van der Waals surface area contributed by atoms with E-state index in [9.17, 15) is 0 Å². The molecule has 2 rings (SSSR count). The quantitative estimate of drug-likeness (QED) is 0.728. The number of nitrogens with zero attached hydrogens (tertiary/aromatic N) is 3. The van der Waals surface area contributed by atoms with Gasteiger partial charge in [0.1, 0.15) is 5.02 Å². The standard InChI is InChI=1S/C10H13Cl2N3O/c1-6-4-15(5-7(2)16-6)9-8(11)3-13-10(12)14-9/h3,6-7H,4-5H2,1-2H3. The molecule has 1 saturated heterocycles. The molecule has 2 atom stereocenters. The van der Waals surface area contributed by atoms with Crippen molar-refractivity contribution in [1.82, 2.24) is 9.97 Å². The minimum atomic E-state index is 0.161. The van der Waals surface area contributed by atoms with Gasteiger partial charge in [0.25, 0.3) is 0 Å².